The summed E-state index contributed by atoms with van der Waals surface area (Å²) in [7, 11) is -1.27. The first-order chi connectivity index (χ1) is 23.2. The number of piperazine rings is 1. The van der Waals surface area contributed by atoms with Gasteiger partial charge in [-0.25, -0.2) is 22.9 Å². The van der Waals surface area contributed by atoms with Gasteiger partial charge in [-0.3, -0.25) is 24.6 Å². The van der Waals surface area contributed by atoms with Crippen molar-refractivity contribution >= 4 is 51.9 Å². The van der Waals surface area contributed by atoms with Gasteiger partial charge < -0.3 is 15.1 Å². The zero-order valence-corrected chi connectivity index (χ0v) is 27.8. The lowest BCUT2D eigenvalue weighted by atomic mass is 10.0. The van der Waals surface area contributed by atoms with Crippen LogP contribution in [0.15, 0.2) is 53.7 Å². The summed E-state index contributed by atoms with van der Waals surface area (Å²) in [6.07, 6.45) is 5.20. The molecule has 2 unspecified atom stereocenters. The van der Waals surface area contributed by atoms with Gasteiger partial charge in [-0.15, -0.1) is 0 Å². The Morgan fingerprint density at radius 3 is 2.46 bits per heavy atom. The largest absolute Gasteiger partial charge is 0.367 e. The summed E-state index contributed by atoms with van der Waals surface area (Å²) in [5.74, 6) is -1.14. The van der Waals surface area contributed by atoms with Gasteiger partial charge in [0.15, 0.2) is 0 Å². The Hall–Kier alpha value is -3.98. The molecule has 3 aromatic rings. The van der Waals surface area contributed by atoms with E-state index >= 15 is 4.39 Å². The number of rotatable bonds is 8. The van der Waals surface area contributed by atoms with Crippen LogP contribution in [0.3, 0.4) is 0 Å². The van der Waals surface area contributed by atoms with Crippen molar-refractivity contribution in [1.29, 1.82) is 0 Å². The van der Waals surface area contributed by atoms with E-state index in [9.17, 15) is 18.6 Å². The fourth-order valence-electron chi connectivity index (χ4n) is 6.86. The van der Waals surface area contributed by atoms with Crippen LogP contribution < -0.4 is 15.5 Å². The topological polar surface area (TPSA) is 131 Å². The van der Waals surface area contributed by atoms with E-state index in [1.807, 2.05) is 33.5 Å². The Morgan fingerprint density at radius 1 is 0.979 bits per heavy atom. The maximum atomic E-state index is 15.4. The van der Waals surface area contributed by atoms with Crippen LogP contribution in [0.2, 0.25) is 5.02 Å². The quantitative estimate of drug-likeness (QED) is 0.342. The number of nitrogens with zero attached hydrogens (tertiary/aromatic N) is 6. The van der Waals surface area contributed by atoms with Crippen LogP contribution in [-0.4, -0.2) is 97.4 Å². The lowest BCUT2D eigenvalue weighted by Crippen LogP contribution is -2.52. The smallest absolute Gasteiger partial charge is 0.255 e. The minimum Gasteiger partial charge on any atom is -0.367 e. The third-order valence-electron chi connectivity index (χ3n) is 9.45. The third-order valence-corrected chi connectivity index (χ3v) is 11.1. The van der Waals surface area contributed by atoms with E-state index in [1.54, 1.807) is 18.5 Å². The maximum absolute atomic E-state index is 15.4. The van der Waals surface area contributed by atoms with Crippen molar-refractivity contribution in [3.05, 3.63) is 76.3 Å². The number of fused-ring (bicyclic) bond motifs is 1. The molecule has 2 aromatic carbocycles. The predicted molar refractivity (Wildman–Crippen MR) is 178 cm³/mol. The molecule has 3 amide bonds. The predicted octanol–water partition coefficient (Wildman–Crippen LogP) is 2.95. The SMILES string of the molecule is O=C1CCC(N2Cc3cc(N4CCN(Cc5cccc(S(=O)N6CCC(Nc7ncc(Cl)cn7)CC6)c5)CC4)c(F)cc3C2=O)C(=O)N1. The Balaban J connectivity index is 0.919. The van der Waals surface area contributed by atoms with Crippen molar-refractivity contribution in [3.63, 3.8) is 0 Å². The summed E-state index contributed by atoms with van der Waals surface area (Å²) in [6, 6.07) is 10.4. The number of anilines is 2. The average molecular weight is 695 g/mol. The van der Waals surface area contributed by atoms with Crippen LogP contribution in [0.25, 0.3) is 0 Å². The van der Waals surface area contributed by atoms with Gasteiger partial charge in [0.1, 0.15) is 22.8 Å². The number of hydrogen-bond donors (Lipinski definition) is 2. The Kier molecular flexibility index (Phi) is 9.40. The van der Waals surface area contributed by atoms with Gasteiger partial charge in [-0.1, -0.05) is 23.7 Å². The second-order valence-electron chi connectivity index (χ2n) is 12.6. The van der Waals surface area contributed by atoms with E-state index in [1.165, 1.54) is 11.0 Å². The molecule has 0 aliphatic carbocycles. The van der Waals surface area contributed by atoms with Crippen LogP contribution in [-0.2, 0) is 33.7 Å². The van der Waals surface area contributed by atoms with E-state index in [-0.39, 0.29) is 42.8 Å². The van der Waals surface area contributed by atoms with E-state index < -0.39 is 28.8 Å². The highest BCUT2D eigenvalue weighted by atomic mass is 35.5. The zero-order valence-electron chi connectivity index (χ0n) is 26.2. The Morgan fingerprint density at radius 2 is 1.73 bits per heavy atom. The summed E-state index contributed by atoms with van der Waals surface area (Å²) in [5.41, 5.74) is 2.47. The molecule has 252 valence electrons. The molecular formula is C33H36ClFN8O4S. The average Bonchev–Trinajstić information content (AvgIpc) is 3.40. The van der Waals surface area contributed by atoms with Gasteiger partial charge in [0.2, 0.25) is 17.8 Å². The van der Waals surface area contributed by atoms with E-state index in [0.717, 1.165) is 23.3 Å². The van der Waals surface area contributed by atoms with Crippen molar-refractivity contribution in [3.8, 4) is 0 Å². The molecule has 4 aliphatic heterocycles. The molecule has 4 aliphatic rings. The van der Waals surface area contributed by atoms with Crippen molar-refractivity contribution < 1.29 is 23.0 Å². The first-order valence-corrected chi connectivity index (χ1v) is 17.6. The maximum Gasteiger partial charge on any atom is 0.255 e. The van der Waals surface area contributed by atoms with Gasteiger partial charge >= 0.3 is 0 Å². The van der Waals surface area contributed by atoms with Gasteiger partial charge in [0.25, 0.3) is 5.91 Å². The summed E-state index contributed by atoms with van der Waals surface area (Å²) in [5, 5.41) is 6.12. The molecule has 2 atom stereocenters. The van der Waals surface area contributed by atoms with Gasteiger partial charge in [0.05, 0.1) is 28.0 Å². The molecule has 48 heavy (non-hydrogen) atoms. The molecule has 5 heterocycles. The molecule has 0 radical (unpaired) electrons. The Labute approximate surface area is 285 Å². The van der Waals surface area contributed by atoms with Gasteiger partial charge in [0, 0.05) is 70.4 Å². The molecule has 0 saturated carbocycles. The molecule has 0 spiro atoms. The van der Waals surface area contributed by atoms with Crippen molar-refractivity contribution in [1.82, 2.24) is 29.4 Å². The zero-order chi connectivity index (χ0) is 33.4. The number of benzene rings is 2. The van der Waals surface area contributed by atoms with Crippen LogP contribution >= 0.6 is 11.6 Å². The number of halogens is 2. The minimum atomic E-state index is -1.27. The van der Waals surface area contributed by atoms with Crippen molar-refractivity contribution in [2.75, 3.05) is 49.5 Å². The number of hydrogen-bond acceptors (Lipinski definition) is 9. The summed E-state index contributed by atoms with van der Waals surface area (Å²) in [4.78, 5) is 51.9. The number of amides is 3. The van der Waals surface area contributed by atoms with E-state index in [4.69, 9.17) is 11.6 Å². The molecule has 3 saturated heterocycles. The van der Waals surface area contributed by atoms with Crippen LogP contribution in [0, 0.1) is 5.82 Å². The normalized spacial score (nSPS) is 21.7. The third kappa shape index (κ3) is 6.93. The molecular weight excluding hydrogens is 659 g/mol. The fraction of sp³-hybridized carbons (Fsp3) is 0.424. The fourth-order valence-corrected chi connectivity index (χ4v) is 8.25. The number of carbonyl (C=O) groups excluding carboxylic acids is 3. The van der Waals surface area contributed by atoms with E-state index in [2.05, 4.69) is 25.5 Å². The second kappa shape index (κ2) is 13.9. The van der Waals surface area contributed by atoms with E-state index in [0.29, 0.717) is 68.0 Å². The molecule has 1 aromatic heterocycles. The lowest BCUT2D eigenvalue weighted by molar-refractivity contribution is -0.136. The first kappa shape index (κ1) is 32.6. The van der Waals surface area contributed by atoms with Crippen LogP contribution in [0.5, 0.6) is 0 Å². The minimum absolute atomic E-state index is 0.169. The molecule has 3 fully saturated rings. The highest BCUT2D eigenvalue weighted by molar-refractivity contribution is 7.82. The van der Waals surface area contributed by atoms with Crippen molar-refractivity contribution in [2.24, 2.45) is 0 Å². The monoisotopic (exact) mass is 694 g/mol. The molecule has 12 nitrogen and oxygen atoms in total. The molecule has 15 heteroatoms. The van der Waals surface area contributed by atoms with Crippen molar-refractivity contribution in [2.45, 2.75) is 55.8 Å². The molecule has 0 bridgehead atoms. The summed E-state index contributed by atoms with van der Waals surface area (Å²) in [6.45, 7) is 4.91. The van der Waals surface area contributed by atoms with Gasteiger partial charge in [-0.2, -0.15) is 0 Å². The molecule has 7 rings (SSSR count). The highest BCUT2D eigenvalue weighted by Crippen LogP contribution is 2.33. The second-order valence-corrected chi connectivity index (χ2v) is 14.5. The lowest BCUT2D eigenvalue weighted by Gasteiger charge is -2.36. The summed E-state index contributed by atoms with van der Waals surface area (Å²) >= 11 is 5.88. The first-order valence-electron chi connectivity index (χ1n) is 16.2. The number of aromatic nitrogens is 2. The van der Waals surface area contributed by atoms with Crippen LogP contribution in [0.1, 0.15) is 47.2 Å². The standard InChI is InChI=1S/C33H36ClFN8O4S/c34-23-17-36-33(37-18-23)38-24-6-8-42(9-7-24)48(47)25-3-1-2-21(14-25)19-40-10-12-41(13-11-40)29-15-22-20-43(32(46)26(22)16-27(29)35)28-4-5-30(44)39-31(28)45/h1-3,14-18,24,28H,4-13,19-20H2,(H,36,37,38)(H,39,44,45). The number of piperidine rings is 2. The van der Waals surface area contributed by atoms with Crippen LogP contribution in [0.4, 0.5) is 16.0 Å². The number of imide groups is 1. The highest BCUT2D eigenvalue weighted by Gasteiger charge is 2.40. The number of carbonyl (C=O) groups is 3. The van der Waals surface area contributed by atoms with Gasteiger partial charge in [-0.05, 0) is 54.7 Å². The molecule has 2 N–H and O–H groups in total. The Bertz CT molecular complexity index is 1750. The summed E-state index contributed by atoms with van der Waals surface area (Å²) < 4.78 is 30.8. The number of nitrogens with one attached hydrogen (secondary N) is 2.